The molecule has 0 fully saturated rings. The number of nitrogens with one attached hydrogen (secondary N) is 1. The summed E-state index contributed by atoms with van der Waals surface area (Å²) >= 11 is 1.75. The molecule has 0 radical (unpaired) electrons. The molecule has 3 aromatic heterocycles. The van der Waals surface area contributed by atoms with Gasteiger partial charge in [-0.15, -0.1) is 11.3 Å². The van der Waals surface area contributed by atoms with Crippen molar-refractivity contribution in [1.82, 2.24) is 19.6 Å². The van der Waals surface area contributed by atoms with Crippen LogP contribution < -0.4 is 5.32 Å². The van der Waals surface area contributed by atoms with Crippen LogP contribution in [-0.4, -0.2) is 25.5 Å². The summed E-state index contributed by atoms with van der Waals surface area (Å²) in [5.41, 5.74) is 2.90. The third kappa shape index (κ3) is 3.34. The first kappa shape index (κ1) is 15.5. The molecular formula is C16H19N5OS. The summed E-state index contributed by atoms with van der Waals surface area (Å²) in [4.78, 5) is 14.6. The van der Waals surface area contributed by atoms with Crippen molar-refractivity contribution < 1.29 is 4.79 Å². The predicted octanol–water partition coefficient (Wildman–Crippen LogP) is 2.91. The van der Waals surface area contributed by atoms with Gasteiger partial charge in [-0.25, -0.2) is 0 Å². The van der Waals surface area contributed by atoms with Gasteiger partial charge in [0, 0.05) is 34.6 Å². The first-order chi connectivity index (χ1) is 10.9. The van der Waals surface area contributed by atoms with Crippen LogP contribution in [0.2, 0.25) is 0 Å². The van der Waals surface area contributed by atoms with E-state index in [1.807, 2.05) is 25.3 Å². The van der Waals surface area contributed by atoms with E-state index in [0.29, 0.717) is 5.82 Å². The van der Waals surface area contributed by atoms with E-state index < -0.39 is 0 Å². The second-order valence-corrected chi connectivity index (χ2v) is 7.03. The van der Waals surface area contributed by atoms with Gasteiger partial charge in [0.05, 0.1) is 11.4 Å². The number of anilines is 1. The number of nitrogens with zero attached hydrogens (tertiary/aromatic N) is 4. The highest BCUT2D eigenvalue weighted by Crippen LogP contribution is 2.29. The zero-order chi connectivity index (χ0) is 16.6. The number of amides is 1. The second-order valence-electron chi connectivity index (χ2n) is 5.57. The summed E-state index contributed by atoms with van der Waals surface area (Å²) < 4.78 is 3.31. The first-order valence-electron chi connectivity index (χ1n) is 7.34. The maximum Gasteiger partial charge on any atom is 0.247 e. The van der Waals surface area contributed by atoms with E-state index in [2.05, 4.69) is 35.4 Å². The molecule has 3 aromatic rings. The lowest BCUT2D eigenvalue weighted by Gasteiger charge is -2.05. The molecule has 0 atom stereocenters. The maximum atomic E-state index is 12.1. The number of rotatable bonds is 4. The van der Waals surface area contributed by atoms with Crippen molar-refractivity contribution in [2.24, 2.45) is 7.05 Å². The third-order valence-corrected chi connectivity index (χ3v) is 4.50. The summed E-state index contributed by atoms with van der Waals surface area (Å²) in [6.45, 7) is 6.23. The van der Waals surface area contributed by atoms with Gasteiger partial charge in [-0.2, -0.15) is 10.2 Å². The SMILES string of the molecule is Cc1cc(NC(=O)Cn2ccc(-c3cc(C)sc3C)n2)n(C)n1. The van der Waals surface area contributed by atoms with Crippen LogP contribution >= 0.6 is 11.3 Å². The largest absolute Gasteiger partial charge is 0.309 e. The van der Waals surface area contributed by atoms with Crippen LogP contribution in [0.5, 0.6) is 0 Å². The molecule has 1 N–H and O–H groups in total. The Labute approximate surface area is 138 Å². The smallest absolute Gasteiger partial charge is 0.247 e. The van der Waals surface area contributed by atoms with E-state index >= 15 is 0 Å². The molecule has 0 saturated carbocycles. The normalized spacial score (nSPS) is 11.0. The molecule has 7 heteroatoms. The summed E-state index contributed by atoms with van der Waals surface area (Å²) in [6, 6.07) is 5.91. The number of aryl methyl sites for hydroxylation is 4. The molecule has 0 aliphatic heterocycles. The molecule has 1 amide bonds. The topological polar surface area (TPSA) is 64.7 Å². The molecule has 3 heterocycles. The Morgan fingerprint density at radius 1 is 1.26 bits per heavy atom. The Bertz CT molecular complexity index is 858. The summed E-state index contributed by atoms with van der Waals surface area (Å²) in [5.74, 6) is 0.560. The number of hydrogen-bond acceptors (Lipinski definition) is 4. The van der Waals surface area contributed by atoms with Gasteiger partial charge in [-0.1, -0.05) is 0 Å². The number of thiophene rings is 1. The lowest BCUT2D eigenvalue weighted by atomic mass is 10.2. The quantitative estimate of drug-likeness (QED) is 0.800. The van der Waals surface area contributed by atoms with Gasteiger partial charge in [0.1, 0.15) is 12.4 Å². The minimum atomic E-state index is -0.124. The fourth-order valence-electron chi connectivity index (χ4n) is 2.54. The van der Waals surface area contributed by atoms with Crippen LogP contribution in [0.4, 0.5) is 5.82 Å². The summed E-state index contributed by atoms with van der Waals surface area (Å²) in [6.07, 6.45) is 1.83. The van der Waals surface area contributed by atoms with Crippen molar-refractivity contribution in [2.45, 2.75) is 27.3 Å². The van der Waals surface area contributed by atoms with Crippen LogP contribution in [0, 0.1) is 20.8 Å². The Morgan fingerprint density at radius 3 is 2.65 bits per heavy atom. The number of carbonyl (C=O) groups is 1. The highest BCUT2D eigenvalue weighted by molar-refractivity contribution is 7.12. The van der Waals surface area contributed by atoms with Gasteiger partial charge >= 0.3 is 0 Å². The van der Waals surface area contributed by atoms with E-state index in [0.717, 1.165) is 17.0 Å². The van der Waals surface area contributed by atoms with Gasteiger partial charge in [0.25, 0.3) is 0 Å². The highest BCUT2D eigenvalue weighted by atomic mass is 32.1. The standard InChI is InChI=1S/C16H19N5OS/c1-10-7-15(20(4)18-10)17-16(22)9-21-6-5-14(19-21)13-8-11(2)23-12(13)3/h5-8H,9H2,1-4H3,(H,17,22). The fourth-order valence-corrected chi connectivity index (χ4v) is 3.47. The molecule has 0 spiro atoms. The lowest BCUT2D eigenvalue weighted by molar-refractivity contribution is -0.116. The molecule has 0 saturated heterocycles. The first-order valence-corrected chi connectivity index (χ1v) is 8.15. The van der Waals surface area contributed by atoms with Gasteiger partial charge in [-0.05, 0) is 32.9 Å². The zero-order valence-corrected chi connectivity index (χ0v) is 14.4. The van der Waals surface area contributed by atoms with Crippen molar-refractivity contribution in [3.8, 4) is 11.3 Å². The zero-order valence-electron chi connectivity index (χ0n) is 13.6. The predicted molar refractivity (Wildman–Crippen MR) is 91.6 cm³/mol. The van der Waals surface area contributed by atoms with Crippen molar-refractivity contribution >= 4 is 23.1 Å². The van der Waals surface area contributed by atoms with Crippen molar-refractivity contribution in [1.29, 1.82) is 0 Å². The van der Waals surface area contributed by atoms with Crippen molar-refractivity contribution in [3.05, 3.63) is 39.8 Å². The van der Waals surface area contributed by atoms with Crippen LogP contribution in [-0.2, 0) is 18.4 Å². The molecule has 120 valence electrons. The fraction of sp³-hybridized carbons (Fsp3) is 0.312. The Morgan fingerprint density at radius 2 is 2.04 bits per heavy atom. The van der Waals surface area contributed by atoms with Crippen LogP contribution in [0.15, 0.2) is 24.4 Å². The maximum absolute atomic E-state index is 12.1. The molecule has 0 bridgehead atoms. The van der Waals surface area contributed by atoms with Gasteiger partial charge in [0.15, 0.2) is 0 Å². The monoisotopic (exact) mass is 329 g/mol. The van der Waals surface area contributed by atoms with Crippen molar-refractivity contribution in [2.75, 3.05) is 5.32 Å². The second kappa shape index (κ2) is 6.00. The van der Waals surface area contributed by atoms with Gasteiger partial charge < -0.3 is 5.32 Å². The molecular weight excluding hydrogens is 310 g/mol. The van der Waals surface area contributed by atoms with Crippen LogP contribution in [0.3, 0.4) is 0 Å². The molecule has 23 heavy (non-hydrogen) atoms. The molecule has 0 aromatic carbocycles. The number of hydrogen-bond donors (Lipinski definition) is 1. The third-order valence-electron chi connectivity index (χ3n) is 3.53. The van der Waals surface area contributed by atoms with E-state index in [4.69, 9.17) is 0 Å². The minimum Gasteiger partial charge on any atom is -0.309 e. The van der Waals surface area contributed by atoms with E-state index in [9.17, 15) is 4.79 Å². The molecule has 0 aliphatic rings. The van der Waals surface area contributed by atoms with Crippen molar-refractivity contribution in [3.63, 3.8) is 0 Å². The minimum absolute atomic E-state index is 0.124. The molecule has 3 rings (SSSR count). The Kier molecular flexibility index (Phi) is 4.04. The highest BCUT2D eigenvalue weighted by Gasteiger charge is 2.11. The average molecular weight is 329 g/mol. The molecule has 0 aliphatic carbocycles. The summed E-state index contributed by atoms with van der Waals surface area (Å²) in [5, 5.41) is 11.6. The Hall–Kier alpha value is -2.41. The number of carbonyl (C=O) groups excluding carboxylic acids is 1. The summed E-state index contributed by atoms with van der Waals surface area (Å²) in [7, 11) is 1.80. The van der Waals surface area contributed by atoms with Crippen LogP contribution in [0.25, 0.3) is 11.3 Å². The van der Waals surface area contributed by atoms with Gasteiger partial charge in [0.2, 0.25) is 5.91 Å². The average Bonchev–Trinajstić information content (AvgIpc) is 3.11. The van der Waals surface area contributed by atoms with Crippen LogP contribution in [0.1, 0.15) is 15.4 Å². The lowest BCUT2D eigenvalue weighted by Crippen LogP contribution is -2.20. The molecule has 6 nitrogen and oxygen atoms in total. The Balaban J connectivity index is 1.70. The molecule has 0 unspecified atom stereocenters. The van der Waals surface area contributed by atoms with Gasteiger partial charge in [-0.3, -0.25) is 14.2 Å². The van der Waals surface area contributed by atoms with E-state index in [1.165, 1.54) is 9.75 Å². The van der Waals surface area contributed by atoms with E-state index in [1.54, 1.807) is 27.7 Å². The number of aromatic nitrogens is 4. The van der Waals surface area contributed by atoms with E-state index in [-0.39, 0.29) is 12.5 Å².